The maximum absolute atomic E-state index is 12.6. The quantitative estimate of drug-likeness (QED) is 0.652. The molecule has 3 aromatic rings. The van der Waals surface area contributed by atoms with Crippen molar-refractivity contribution in [3.05, 3.63) is 46.1 Å². The Balaban J connectivity index is 1.95. The zero-order valence-corrected chi connectivity index (χ0v) is 17.8. The second-order valence-corrected chi connectivity index (χ2v) is 8.03. The largest absolute Gasteiger partial charge is 0.460 e. The van der Waals surface area contributed by atoms with Gasteiger partial charge in [-0.05, 0) is 37.3 Å². The summed E-state index contributed by atoms with van der Waals surface area (Å²) in [6.45, 7) is 5.72. The molecule has 3 heterocycles. The molecule has 0 radical (unpaired) electrons. The van der Waals surface area contributed by atoms with Crippen LogP contribution in [0.3, 0.4) is 0 Å². The number of fused-ring (bicyclic) bond motifs is 1. The van der Waals surface area contributed by atoms with Crippen LogP contribution >= 0.6 is 15.9 Å². The first-order valence-electron chi connectivity index (χ1n) is 9.35. The highest BCUT2D eigenvalue weighted by atomic mass is 79.9. The zero-order valence-electron chi connectivity index (χ0n) is 16.2. The molecule has 0 spiro atoms. The van der Waals surface area contributed by atoms with Gasteiger partial charge in [0, 0.05) is 43.0 Å². The number of halogens is 1. The van der Waals surface area contributed by atoms with Gasteiger partial charge in [0.1, 0.15) is 11.5 Å². The minimum absolute atomic E-state index is 0.0437. The number of hydrogen-bond donors (Lipinski definition) is 1. The molecule has 8 heteroatoms. The van der Waals surface area contributed by atoms with Crippen molar-refractivity contribution < 1.29 is 14.0 Å². The van der Waals surface area contributed by atoms with Crippen LogP contribution < -0.4 is 10.6 Å². The third-order valence-electron chi connectivity index (χ3n) is 5.18. The molecule has 1 fully saturated rings. The minimum Gasteiger partial charge on any atom is -0.460 e. The number of rotatable bonds is 3. The van der Waals surface area contributed by atoms with Gasteiger partial charge >= 0.3 is 0 Å². The summed E-state index contributed by atoms with van der Waals surface area (Å²) in [5.41, 5.74) is 8.17. The van der Waals surface area contributed by atoms with Crippen molar-refractivity contribution in [3.8, 4) is 11.5 Å². The highest BCUT2D eigenvalue weighted by Gasteiger charge is 2.29. The second-order valence-electron chi connectivity index (χ2n) is 7.11. The summed E-state index contributed by atoms with van der Waals surface area (Å²) in [4.78, 5) is 33.0. The van der Waals surface area contributed by atoms with Gasteiger partial charge in [0.25, 0.3) is 5.91 Å². The van der Waals surface area contributed by atoms with Crippen molar-refractivity contribution in [2.24, 2.45) is 5.73 Å². The minimum atomic E-state index is -0.524. The highest BCUT2D eigenvalue weighted by Crippen LogP contribution is 2.38. The summed E-state index contributed by atoms with van der Waals surface area (Å²) >= 11 is 3.47. The maximum Gasteiger partial charge on any atom is 0.251 e. The van der Waals surface area contributed by atoms with Gasteiger partial charge in [-0.2, -0.15) is 0 Å². The van der Waals surface area contributed by atoms with Gasteiger partial charge in [0.2, 0.25) is 5.91 Å². The van der Waals surface area contributed by atoms with Crippen LogP contribution in [0.5, 0.6) is 0 Å². The summed E-state index contributed by atoms with van der Waals surface area (Å²) in [6.07, 6.45) is 0. The molecule has 150 valence electrons. The number of carbonyl (C=O) groups is 2. The Kier molecular flexibility index (Phi) is 5.04. The van der Waals surface area contributed by atoms with Crippen LogP contribution in [0.1, 0.15) is 23.0 Å². The lowest BCUT2D eigenvalue weighted by atomic mass is 10.0. The number of hydrogen-bond acceptors (Lipinski definition) is 5. The molecule has 2 amide bonds. The number of pyridine rings is 1. The Morgan fingerprint density at radius 1 is 1.14 bits per heavy atom. The number of furan rings is 1. The van der Waals surface area contributed by atoms with Crippen LogP contribution in [0.15, 0.2) is 39.2 Å². The van der Waals surface area contributed by atoms with Gasteiger partial charge in [-0.1, -0.05) is 15.9 Å². The molecule has 0 aliphatic carbocycles. The molecule has 1 aliphatic rings. The van der Waals surface area contributed by atoms with Gasteiger partial charge in [-0.3, -0.25) is 9.59 Å². The first-order chi connectivity index (χ1) is 13.8. The Labute approximate surface area is 176 Å². The molecule has 2 N–H and O–H groups in total. The van der Waals surface area contributed by atoms with Gasteiger partial charge in [-0.25, -0.2) is 4.98 Å². The number of piperazine rings is 1. The fourth-order valence-electron chi connectivity index (χ4n) is 3.76. The van der Waals surface area contributed by atoms with E-state index in [1.165, 1.54) is 0 Å². The summed E-state index contributed by atoms with van der Waals surface area (Å²) in [5, 5.41) is 0.683. The smallest absolute Gasteiger partial charge is 0.251 e. The molecule has 29 heavy (non-hydrogen) atoms. The van der Waals surface area contributed by atoms with E-state index in [0.717, 1.165) is 10.2 Å². The van der Waals surface area contributed by atoms with Crippen LogP contribution in [-0.2, 0) is 4.79 Å². The number of aryl methyl sites for hydroxylation is 1. The number of anilines is 1. The zero-order chi connectivity index (χ0) is 20.7. The summed E-state index contributed by atoms with van der Waals surface area (Å²) in [5.74, 6) is 0.857. The Hall–Kier alpha value is -2.87. The third-order valence-corrected chi connectivity index (χ3v) is 5.68. The van der Waals surface area contributed by atoms with Crippen molar-refractivity contribution >= 4 is 44.3 Å². The van der Waals surface area contributed by atoms with Crippen molar-refractivity contribution in [2.75, 3.05) is 31.1 Å². The van der Waals surface area contributed by atoms with Crippen molar-refractivity contribution in [1.82, 2.24) is 9.88 Å². The van der Waals surface area contributed by atoms with Crippen LogP contribution in [0, 0.1) is 6.92 Å². The fourth-order valence-corrected chi connectivity index (χ4v) is 4.12. The van der Waals surface area contributed by atoms with E-state index in [0.29, 0.717) is 59.8 Å². The Bertz CT molecular complexity index is 1120. The SMILES string of the molecule is CC(=O)N1CCN(c2c(-c3ccc(C)o3)nc3ccc(Br)cc3c2C(N)=O)CC1. The van der Waals surface area contributed by atoms with Crippen LogP contribution in [0.25, 0.3) is 22.4 Å². The number of aromatic nitrogens is 1. The van der Waals surface area contributed by atoms with E-state index in [1.807, 2.05) is 37.3 Å². The van der Waals surface area contributed by atoms with E-state index in [-0.39, 0.29) is 5.91 Å². The lowest BCUT2D eigenvalue weighted by Crippen LogP contribution is -2.48. The standard InChI is InChI=1S/C21H21BrN4O3/c1-12-3-6-17(29-12)19-20(26-9-7-25(8-10-26)13(2)27)18(21(23)28)15-11-14(22)4-5-16(15)24-19/h3-6,11H,7-10H2,1-2H3,(H2,23,28). The molecule has 1 aliphatic heterocycles. The van der Waals surface area contributed by atoms with Gasteiger partial charge in [-0.15, -0.1) is 0 Å². The van der Waals surface area contributed by atoms with Gasteiger partial charge in [0.05, 0.1) is 16.8 Å². The number of amides is 2. The monoisotopic (exact) mass is 456 g/mol. The predicted octanol–water partition coefficient (Wildman–Crippen LogP) is 3.33. The van der Waals surface area contributed by atoms with Crippen molar-refractivity contribution in [3.63, 3.8) is 0 Å². The molecule has 0 atom stereocenters. The van der Waals surface area contributed by atoms with E-state index < -0.39 is 5.91 Å². The van der Waals surface area contributed by atoms with E-state index >= 15 is 0 Å². The van der Waals surface area contributed by atoms with Gasteiger partial charge < -0.3 is 20.0 Å². The Morgan fingerprint density at radius 3 is 2.45 bits per heavy atom. The van der Waals surface area contributed by atoms with Crippen molar-refractivity contribution in [1.29, 1.82) is 0 Å². The molecule has 0 bridgehead atoms. The van der Waals surface area contributed by atoms with Gasteiger partial charge in [0.15, 0.2) is 5.76 Å². The molecule has 1 aromatic carbocycles. The normalized spacial score (nSPS) is 14.4. The molecular weight excluding hydrogens is 436 g/mol. The first-order valence-corrected chi connectivity index (χ1v) is 10.1. The predicted molar refractivity (Wildman–Crippen MR) is 115 cm³/mol. The highest BCUT2D eigenvalue weighted by molar-refractivity contribution is 9.10. The number of primary amides is 1. The average molecular weight is 457 g/mol. The van der Waals surface area contributed by atoms with Crippen LogP contribution in [0.2, 0.25) is 0 Å². The summed E-state index contributed by atoms with van der Waals surface area (Å²) in [6, 6.07) is 9.30. The number of benzene rings is 1. The number of carbonyl (C=O) groups excluding carboxylic acids is 2. The van der Waals surface area contributed by atoms with Crippen LogP contribution in [0.4, 0.5) is 5.69 Å². The molecule has 7 nitrogen and oxygen atoms in total. The van der Waals surface area contributed by atoms with E-state index in [4.69, 9.17) is 15.1 Å². The second kappa shape index (κ2) is 7.51. The summed E-state index contributed by atoms with van der Waals surface area (Å²) < 4.78 is 6.69. The number of nitrogens with zero attached hydrogens (tertiary/aromatic N) is 3. The molecule has 0 unspecified atom stereocenters. The maximum atomic E-state index is 12.6. The van der Waals surface area contributed by atoms with Crippen molar-refractivity contribution in [2.45, 2.75) is 13.8 Å². The molecule has 1 saturated heterocycles. The molecule has 0 saturated carbocycles. The fraction of sp³-hybridized carbons (Fsp3) is 0.286. The summed E-state index contributed by atoms with van der Waals surface area (Å²) in [7, 11) is 0. The average Bonchev–Trinajstić information content (AvgIpc) is 3.12. The van der Waals surface area contributed by atoms with E-state index in [2.05, 4.69) is 20.8 Å². The molecule has 2 aromatic heterocycles. The topological polar surface area (TPSA) is 92.7 Å². The molecule has 4 rings (SSSR count). The van der Waals surface area contributed by atoms with E-state index in [1.54, 1.807) is 11.8 Å². The Morgan fingerprint density at radius 2 is 1.86 bits per heavy atom. The van der Waals surface area contributed by atoms with E-state index in [9.17, 15) is 9.59 Å². The van der Waals surface area contributed by atoms with Crippen LogP contribution in [-0.4, -0.2) is 47.9 Å². The molecular formula is C21H21BrN4O3. The first kappa shape index (κ1) is 19.4. The lowest BCUT2D eigenvalue weighted by Gasteiger charge is -2.37. The third kappa shape index (κ3) is 3.60. The lowest BCUT2D eigenvalue weighted by molar-refractivity contribution is -0.129. The number of nitrogens with two attached hydrogens (primary N) is 1.